The highest BCUT2D eigenvalue weighted by atomic mass is 32.2. The number of ether oxygens (including phenoxy) is 5. The Morgan fingerprint density at radius 1 is 1.12 bits per heavy atom. The second kappa shape index (κ2) is 11.3. The molecule has 0 fully saturated rings. The summed E-state index contributed by atoms with van der Waals surface area (Å²) in [6.45, 7) is 3.68. The maximum atomic E-state index is 12.7. The van der Waals surface area contributed by atoms with Gasteiger partial charge in [-0.25, -0.2) is 4.79 Å². The van der Waals surface area contributed by atoms with Gasteiger partial charge in [-0.15, -0.1) is 0 Å². The maximum Gasteiger partial charge on any atom is 0.336 e. The third-order valence-electron chi connectivity index (χ3n) is 4.71. The fourth-order valence-electron chi connectivity index (χ4n) is 3.34. The number of allylic oxidation sites excluding steroid dienone is 2. The number of rotatable bonds is 9. The molecule has 172 valence electrons. The monoisotopic (exact) mass is 462 g/mol. The normalized spacial score (nSPS) is 15.5. The van der Waals surface area contributed by atoms with Gasteiger partial charge in [0, 0.05) is 5.70 Å². The molecule has 1 N–H and O–H groups in total. The van der Waals surface area contributed by atoms with Crippen molar-refractivity contribution in [2.24, 2.45) is 0 Å². The van der Waals surface area contributed by atoms with Crippen LogP contribution in [0.2, 0.25) is 0 Å². The standard InChI is InChI=1S/C22H26N2O7S/c1-7-31-17(25)11-32-21-14(10-23)19(18(12(2)24-21)22(26)30-6)13-8-15(27-3)20(29-5)16(9-13)28-4/h8-9,19,24H,7,11H2,1-6H3. The van der Waals surface area contributed by atoms with Crippen molar-refractivity contribution in [1.82, 2.24) is 5.32 Å². The molecule has 10 heteroatoms. The Balaban J connectivity index is 2.69. The first-order chi connectivity index (χ1) is 15.4. The van der Waals surface area contributed by atoms with Gasteiger partial charge in [-0.2, -0.15) is 5.26 Å². The summed E-state index contributed by atoms with van der Waals surface area (Å²) in [7, 11) is 5.72. The van der Waals surface area contributed by atoms with E-state index in [1.165, 1.54) is 28.4 Å². The number of dihydropyridines is 1. The summed E-state index contributed by atoms with van der Waals surface area (Å²) < 4.78 is 26.2. The highest BCUT2D eigenvalue weighted by molar-refractivity contribution is 8.03. The number of hydrogen-bond acceptors (Lipinski definition) is 10. The van der Waals surface area contributed by atoms with E-state index in [1.54, 1.807) is 26.0 Å². The lowest BCUT2D eigenvalue weighted by Crippen LogP contribution is -2.29. The smallest absolute Gasteiger partial charge is 0.336 e. The van der Waals surface area contributed by atoms with E-state index in [9.17, 15) is 14.9 Å². The first kappa shape index (κ1) is 24.9. The molecule has 0 amide bonds. The van der Waals surface area contributed by atoms with Crippen molar-refractivity contribution in [3.05, 3.63) is 39.6 Å². The zero-order valence-electron chi connectivity index (χ0n) is 18.9. The molecule has 0 saturated carbocycles. The van der Waals surface area contributed by atoms with Crippen molar-refractivity contribution in [3.8, 4) is 23.3 Å². The molecule has 1 aliphatic heterocycles. The van der Waals surface area contributed by atoms with E-state index in [1.807, 2.05) is 0 Å². The average molecular weight is 463 g/mol. The summed E-state index contributed by atoms with van der Waals surface area (Å²) in [5.41, 5.74) is 1.57. The summed E-state index contributed by atoms with van der Waals surface area (Å²) in [6, 6.07) is 5.54. The lowest BCUT2D eigenvalue weighted by molar-refractivity contribution is -0.140. The van der Waals surface area contributed by atoms with E-state index >= 15 is 0 Å². The minimum Gasteiger partial charge on any atom is -0.493 e. The summed E-state index contributed by atoms with van der Waals surface area (Å²) in [5.74, 6) is -0.644. The molecule has 1 aliphatic rings. The van der Waals surface area contributed by atoms with E-state index in [2.05, 4.69) is 11.4 Å². The van der Waals surface area contributed by atoms with Crippen LogP contribution in [0.25, 0.3) is 0 Å². The van der Waals surface area contributed by atoms with Gasteiger partial charge >= 0.3 is 11.9 Å². The van der Waals surface area contributed by atoms with E-state index < -0.39 is 17.9 Å². The van der Waals surface area contributed by atoms with E-state index in [4.69, 9.17) is 23.7 Å². The average Bonchev–Trinajstić information content (AvgIpc) is 2.80. The van der Waals surface area contributed by atoms with Gasteiger partial charge in [0.05, 0.1) is 69.0 Å². The van der Waals surface area contributed by atoms with Crippen molar-refractivity contribution in [2.45, 2.75) is 19.8 Å². The number of benzene rings is 1. The van der Waals surface area contributed by atoms with Gasteiger partial charge in [-0.05, 0) is 31.5 Å². The Morgan fingerprint density at radius 3 is 2.22 bits per heavy atom. The van der Waals surface area contributed by atoms with Crippen LogP contribution in [0.15, 0.2) is 34.0 Å². The summed E-state index contributed by atoms with van der Waals surface area (Å²) in [4.78, 5) is 24.6. The van der Waals surface area contributed by atoms with Crippen LogP contribution >= 0.6 is 11.8 Å². The van der Waals surface area contributed by atoms with Gasteiger partial charge in [-0.1, -0.05) is 11.8 Å². The predicted molar refractivity (Wildman–Crippen MR) is 118 cm³/mol. The number of thioether (sulfide) groups is 1. The number of esters is 2. The van der Waals surface area contributed by atoms with Gasteiger partial charge in [-0.3, -0.25) is 4.79 Å². The second-order valence-electron chi connectivity index (χ2n) is 6.50. The van der Waals surface area contributed by atoms with Crippen LogP contribution in [0, 0.1) is 11.3 Å². The summed E-state index contributed by atoms with van der Waals surface area (Å²) in [5, 5.41) is 13.5. The fraction of sp³-hybridized carbons (Fsp3) is 0.409. The Bertz CT molecular complexity index is 969. The van der Waals surface area contributed by atoms with Crippen LogP contribution in [-0.4, -0.2) is 52.7 Å². The molecule has 32 heavy (non-hydrogen) atoms. The van der Waals surface area contributed by atoms with E-state index in [-0.39, 0.29) is 23.5 Å². The minimum absolute atomic E-state index is 0.00413. The largest absolute Gasteiger partial charge is 0.493 e. The molecule has 9 nitrogen and oxygen atoms in total. The van der Waals surface area contributed by atoms with Crippen LogP contribution in [-0.2, 0) is 19.1 Å². The Kier molecular flexibility index (Phi) is 8.84. The van der Waals surface area contributed by atoms with Crippen LogP contribution in [0.5, 0.6) is 17.2 Å². The third-order valence-corrected chi connectivity index (χ3v) is 5.70. The van der Waals surface area contributed by atoms with Crippen LogP contribution in [0.1, 0.15) is 25.3 Å². The number of carbonyl (C=O) groups is 2. The zero-order valence-corrected chi connectivity index (χ0v) is 19.7. The maximum absolute atomic E-state index is 12.7. The van der Waals surface area contributed by atoms with Crippen molar-refractivity contribution in [3.63, 3.8) is 0 Å². The third kappa shape index (κ3) is 5.11. The zero-order chi connectivity index (χ0) is 23.8. The Hall–Kier alpha value is -3.32. The molecule has 2 rings (SSSR count). The van der Waals surface area contributed by atoms with Crippen molar-refractivity contribution < 1.29 is 33.3 Å². The predicted octanol–water partition coefficient (Wildman–Crippen LogP) is 2.88. The fourth-order valence-corrected chi connectivity index (χ4v) is 4.23. The van der Waals surface area contributed by atoms with Gasteiger partial charge in [0.2, 0.25) is 5.75 Å². The molecule has 0 radical (unpaired) electrons. The van der Waals surface area contributed by atoms with Gasteiger partial charge in [0.25, 0.3) is 0 Å². The van der Waals surface area contributed by atoms with E-state index in [0.29, 0.717) is 33.5 Å². The highest BCUT2D eigenvalue weighted by Gasteiger charge is 2.36. The van der Waals surface area contributed by atoms with E-state index in [0.717, 1.165) is 11.8 Å². The molecule has 0 spiro atoms. The topological polar surface area (TPSA) is 116 Å². The van der Waals surface area contributed by atoms with Crippen molar-refractivity contribution in [2.75, 3.05) is 40.8 Å². The molecule has 1 atom stereocenters. The second-order valence-corrected chi connectivity index (χ2v) is 7.48. The molecule has 0 aliphatic carbocycles. The number of nitrogens with one attached hydrogen (secondary N) is 1. The number of nitrogens with zero attached hydrogens (tertiary/aromatic N) is 1. The summed E-state index contributed by atoms with van der Waals surface area (Å²) >= 11 is 1.13. The van der Waals surface area contributed by atoms with Crippen LogP contribution in [0.3, 0.4) is 0 Å². The SMILES string of the molecule is CCOC(=O)CSC1=C(C#N)C(c2cc(OC)c(OC)c(OC)c2)C(C(=O)OC)=C(C)N1. The van der Waals surface area contributed by atoms with Crippen LogP contribution in [0.4, 0.5) is 0 Å². The van der Waals surface area contributed by atoms with Crippen LogP contribution < -0.4 is 19.5 Å². The number of hydrogen-bond donors (Lipinski definition) is 1. The Labute approximate surface area is 191 Å². The quantitative estimate of drug-likeness (QED) is 0.549. The van der Waals surface area contributed by atoms with Gasteiger partial charge in [0.15, 0.2) is 11.5 Å². The van der Waals surface area contributed by atoms with Crippen molar-refractivity contribution in [1.29, 1.82) is 5.26 Å². The molecule has 0 bridgehead atoms. The first-order valence-electron chi connectivity index (χ1n) is 9.65. The molecule has 0 saturated heterocycles. The van der Waals surface area contributed by atoms with Gasteiger partial charge in [0.1, 0.15) is 0 Å². The first-order valence-corrected chi connectivity index (χ1v) is 10.6. The molecule has 0 aromatic heterocycles. The molecule has 1 aromatic carbocycles. The number of methoxy groups -OCH3 is 4. The molecule has 1 heterocycles. The molecule has 1 aromatic rings. The number of nitriles is 1. The lowest BCUT2D eigenvalue weighted by atomic mass is 9.82. The van der Waals surface area contributed by atoms with Crippen molar-refractivity contribution >= 4 is 23.7 Å². The minimum atomic E-state index is -0.785. The molecular weight excluding hydrogens is 436 g/mol. The molecule has 1 unspecified atom stereocenters. The lowest BCUT2D eigenvalue weighted by Gasteiger charge is -2.29. The summed E-state index contributed by atoms with van der Waals surface area (Å²) in [6.07, 6.45) is 0. The van der Waals surface area contributed by atoms with Gasteiger partial charge < -0.3 is 29.0 Å². The Morgan fingerprint density at radius 2 is 1.75 bits per heavy atom. The molecular formula is C22H26N2O7S. The highest BCUT2D eigenvalue weighted by Crippen LogP contribution is 2.46. The number of carbonyl (C=O) groups excluding carboxylic acids is 2.